The van der Waals surface area contributed by atoms with Crippen LogP contribution in [0.3, 0.4) is 0 Å². The van der Waals surface area contributed by atoms with Gasteiger partial charge in [0.15, 0.2) is 0 Å². The quantitative estimate of drug-likeness (QED) is 0.658. The number of quaternary nitrogens is 2. The molecule has 0 aliphatic rings. The minimum absolute atomic E-state index is 1.10. The average Bonchev–Trinajstić information content (AvgIpc) is 2.48. The molecule has 0 saturated carbocycles. The van der Waals surface area contributed by atoms with Crippen molar-refractivity contribution in [2.75, 3.05) is 13.1 Å². The van der Waals surface area contributed by atoms with Crippen LogP contribution in [0, 0.1) is 0 Å². The second kappa shape index (κ2) is 8.46. The van der Waals surface area contributed by atoms with Gasteiger partial charge in [0.05, 0.1) is 13.1 Å². The maximum atomic E-state index is 2.39. The molecule has 19 heavy (non-hydrogen) atoms. The van der Waals surface area contributed by atoms with Crippen LogP contribution in [0.25, 0.3) is 0 Å². The van der Waals surface area contributed by atoms with Gasteiger partial charge in [0, 0.05) is 17.5 Å². The number of rotatable bonds is 8. The van der Waals surface area contributed by atoms with Crippen LogP contribution < -0.4 is 10.6 Å². The van der Waals surface area contributed by atoms with E-state index in [0.717, 1.165) is 13.1 Å². The Hall–Kier alpha value is -1.64. The highest BCUT2D eigenvalue weighted by Gasteiger charge is 1.97. The van der Waals surface area contributed by atoms with Crippen molar-refractivity contribution in [3.63, 3.8) is 0 Å². The third-order valence-electron chi connectivity index (χ3n) is 3.26. The molecule has 100 valence electrons. The van der Waals surface area contributed by atoms with Crippen LogP contribution >= 0.6 is 0 Å². The van der Waals surface area contributed by atoms with Crippen LogP contribution in [0.1, 0.15) is 17.5 Å². The van der Waals surface area contributed by atoms with Gasteiger partial charge in [0.2, 0.25) is 0 Å². The Morgan fingerprint density at radius 2 is 1.00 bits per heavy atom. The lowest BCUT2D eigenvalue weighted by molar-refractivity contribution is -0.695. The summed E-state index contributed by atoms with van der Waals surface area (Å²) in [6, 6.07) is 21.3. The summed E-state index contributed by atoms with van der Waals surface area (Å²) in [5, 5.41) is 4.79. The summed E-state index contributed by atoms with van der Waals surface area (Å²) in [6.45, 7) is 4.61. The van der Waals surface area contributed by atoms with Gasteiger partial charge in [-0.3, -0.25) is 0 Å². The predicted octanol–water partition coefficient (Wildman–Crippen LogP) is 0.904. The van der Waals surface area contributed by atoms with Gasteiger partial charge in [-0.15, -0.1) is 0 Å². The predicted molar refractivity (Wildman–Crippen MR) is 78.5 cm³/mol. The first-order valence-corrected chi connectivity index (χ1v) is 7.16. The minimum atomic E-state index is 1.10. The van der Waals surface area contributed by atoms with E-state index in [-0.39, 0.29) is 0 Å². The molecule has 2 aromatic rings. The molecular weight excluding hydrogens is 232 g/mol. The Kier molecular flexibility index (Phi) is 6.14. The van der Waals surface area contributed by atoms with Gasteiger partial charge in [-0.05, 0) is 0 Å². The number of benzene rings is 2. The molecule has 2 rings (SSSR count). The van der Waals surface area contributed by atoms with Crippen molar-refractivity contribution in [3.05, 3.63) is 71.8 Å². The zero-order valence-corrected chi connectivity index (χ0v) is 11.5. The molecule has 2 heteroatoms. The van der Waals surface area contributed by atoms with Gasteiger partial charge in [0.25, 0.3) is 0 Å². The zero-order valence-electron chi connectivity index (χ0n) is 11.5. The van der Waals surface area contributed by atoms with Crippen LogP contribution in [0.4, 0.5) is 0 Å². The lowest BCUT2D eigenvalue weighted by Gasteiger charge is -2.03. The maximum Gasteiger partial charge on any atom is 0.101 e. The smallest absolute Gasteiger partial charge is 0.101 e. The van der Waals surface area contributed by atoms with Crippen LogP contribution in [0.15, 0.2) is 60.7 Å². The fraction of sp³-hybridized carbons (Fsp3) is 0.294. The summed E-state index contributed by atoms with van der Waals surface area (Å²) in [5.74, 6) is 0. The summed E-state index contributed by atoms with van der Waals surface area (Å²) < 4.78 is 0. The Balaban J connectivity index is 1.49. The van der Waals surface area contributed by atoms with E-state index in [1.54, 1.807) is 0 Å². The SMILES string of the molecule is c1ccc(C[NH2+]CCC[NH2+]Cc2ccccc2)cc1. The van der Waals surface area contributed by atoms with E-state index in [4.69, 9.17) is 0 Å². The Morgan fingerprint density at radius 3 is 1.42 bits per heavy atom. The van der Waals surface area contributed by atoms with Crippen molar-refractivity contribution >= 4 is 0 Å². The second-order valence-electron chi connectivity index (χ2n) is 4.89. The normalized spacial score (nSPS) is 10.5. The van der Waals surface area contributed by atoms with Crippen LogP contribution in [-0.4, -0.2) is 13.1 Å². The van der Waals surface area contributed by atoms with Crippen molar-refractivity contribution < 1.29 is 10.6 Å². The molecule has 0 radical (unpaired) electrons. The number of hydrogen-bond acceptors (Lipinski definition) is 0. The molecular formula is C17H24N2+2. The molecule has 0 bridgehead atoms. The van der Waals surface area contributed by atoms with Crippen molar-refractivity contribution in [2.24, 2.45) is 0 Å². The van der Waals surface area contributed by atoms with Gasteiger partial charge >= 0.3 is 0 Å². The third kappa shape index (κ3) is 5.69. The monoisotopic (exact) mass is 256 g/mol. The molecule has 0 saturated heterocycles. The molecule has 0 aromatic heterocycles. The van der Waals surface area contributed by atoms with Crippen molar-refractivity contribution in [1.29, 1.82) is 0 Å². The molecule has 2 aromatic carbocycles. The van der Waals surface area contributed by atoms with E-state index < -0.39 is 0 Å². The van der Waals surface area contributed by atoms with Crippen molar-refractivity contribution in [3.8, 4) is 0 Å². The van der Waals surface area contributed by atoms with E-state index in [1.165, 1.54) is 30.6 Å². The first kappa shape index (κ1) is 13.8. The molecule has 0 atom stereocenters. The minimum Gasteiger partial charge on any atom is -0.342 e. The first-order chi connectivity index (χ1) is 9.45. The van der Waals surface area contributed by atoms with E-state index >= 15 is 0 Å². The first-order valence-electron chi connectivity index (χ1n) is 7.16. The topological polar surface area (TPSA) is 33.2 Å². The van der Waals surface area contributed by atoms with Gasteiger partial charge in [-0.1, -0.05) is 60.7 Å². The number of nitrogens with two attached hydrogens (primary N) is 2. The van der Waals surface area contributed by atoms with E-state index in [1.807, 2.05) is 0 Å². The lowest BCUT2D eigenvalue weighted by Crippen LogP contribution is -2.86. The summed E-state index contributed by atoms with van der Waals surface area (Å²) in [4.78, 5) is 0. The van der Waals surface area contributed by atoms with Crippen molar-refractivity contribution in [1.82, 2.24) is 0 Å². The molecule has 0 aliphatic heterocycles. The van der Waals surface area contributed by atoms with E-state index in [0.29, 0.717) is 0 Å². The highest BCUT2D eigenvalue weighted by molar-refractivity contribution is 5.13. The maximum absolute atomic E-state index is 2.39. The van der Waals surface area contributed by atoms with Crippen LogP contribution in [0.5, 0.6) is 0 Å². The molecule has 2 nitrogen and oxygen atoms in total. The Bertz CT molecular complexity index is 396. The summed E-state index contributed by atoms with van der Waals surface area (Å²) in [6.07, 6.45) is 1.26. The summed E-state index contributed by atoms with van der Waals surface area (Å²) in [5.41, 5.74) is 2.83. The molecule has 0 aliphatic carbocycles. The summed E-state index contributed by atoms with van der Waals surface area (Å²) >= 11 is 0. The van der Waals surface area contributed by atoms with E-state index in [2.05, 4.69) is 71.3 Å². The zero-order chi connectivity index (χ0) is 13.2. The Labute approximate surface area is 115 Å². The van der Waals surface area contributed by atoms with Gasteiger partial charge in [-0.2, -0.15) is 0 Å². The highest BCUT2D eigenvalue weighted by atomic mass is 14.9. The fourth-order valence-corrected chi connectivity index (χ4v) is 2.17. The molecule has 0 spiro atoms. The average molecular weight is 256 g/mol. The lowest BCUT2D eigenvalue weighted by atomic mass is 10.2. The standard InChI is InChI=1S/C17H22N2/c1-3-8-16(9-4-1)14-18-12-7-13-19-15-17-10-5-2-6-11-17/h1-6,8-11,18-19H,7,12-15H2/p+2. The largest absolute Gasteiger partial charge is 0.342 e. The molecule has 4 N–H and O–H groups in total. The van der Waals surface area contributed by atoms with Gasteiger partial charge < -0.3 is 10.6 Å². The highest BCUT2D eigenvalue weighted by Crippen LogP contribution is 1.95. The molecule has 0 fully saturated rings. The molecule has 0 amide bonds. The third-order valence-corrected chi connectivity index (χ3v) is 3.26. The molecule has 0 unspecified atom stereocenters. The fourth-order valence-electron chi connectivity index (χ4n) is 2.17. The van der Waals surface area contributed by atoms with Crippen molar-refractivity contribution in [2.45, 2.75) is 19.5 Å². The van der Waals surface area contributed by atoms with Gasteiger partial charge in [-0.25, -0.2) is 0 Å². The van der Waals surface area contributed by atoms with E-state index in [9.17, 15) is 0 Å². The Morgan fingerprint density at radius 1 is 0.579 bits per heavy atom. The van der Waals surface area contributed by atoms with Crippen LogP contribution in [-0.2, 0) is 13.1 Å². The molecule has 0 heterocycles. The van der Waals surface area contributed by atoms with Gasteiger partial charge in [0.1, 0.15) is 13.1 Å². The number of hydrogen-bond donors (Lipinski definition) is 2. The van der Waals surface area contributed by atoms with Crippen LogP contribution in [0.2, 0.25) is 0 Å². The summed E-state index contributed by atoms with van der Waals surface area (Å²) in [7, 11) is 0. The second-order valence-corrected chi connectivity index (χ2v) is 4.89.